The molecule has 3 aromatic rings. The Morgan fingerprint density at radius 3 is 2.70 bits per heavy atom. The second-order valence-electron chi connectivity index (χ2n) is 9.76. The van der Waals surface area contributed by atoms with Crippen LogP contribution < -0.4 is 15.6 Å². The van der Waals surface area contributed by atoms with Crippen LogP contribution in [0.3, 0.4) is 0 Å². The highest BCUT2D eigenvalue weighted by Gasteiger charge is 2.39. The second kappa shape index (κ2) is 11.2. The number of carbonyl (C=O) groups is 2. The minimum atomic E-state index is -3.96. The minimum absolute atomic E-state index is 0.0203. The average Bonchev–Trinajstić information content (AvgIpc) is 3.50. The molecule has 2 amide bonds. The molecule has 17 heteroatoms. The van der Waals surface area contributed by atoms with Crippen LogP contribution in [0, 0.1) is 0 Å². The molecule has 2 aliphatic heterocycles. The van der Waals surface area contributed by atoms with E-state index in [0.717, 1.165) is 38.2 Å². The first kappa shape index (κ1) is 29.3. The number of carbonyl (C=O) groups excluding carboxylic acids is 2. The van der Waals surface area contributed by atoms with Crippen molar-refractivity contribution in [2.75, 3.05) is 25.9 Å². The Morgan fingerprint density at radius 2 is 1.95 bits per heavy atom. The van der Waals surface area contributed by atoms with Crippen molar-refractivity contribution in [2.24, 2.45) is 0 Å². The molecular formula is C23H27ClN6O6S4. The van der Waals surface area contributed by atoms with Crippen LogP contribution >= 0.6 is 34.3 Å². The number of thiazole rings is 1. The highest BCUT2D eigenvalue weighted by Crippen LogP contribution is 2.34. The zero-order chi connectivity index (χ0) is 28.8. The van der Waals surface area contributed by atoms with Gasteiger partial charge in [0.05, 0.1) is 18.0 Å². The van der Waals surface area contributed by atoms with Crippen LogP contribution in [0.1, 0.15) is 33.7 Å². The maximum Gasteiger partial charge on any atom is 0.283 e. The molecule has 4 heterocycles. The quantitative estimate of drug-likeness (QED) is 0.326. The van der Waals surface area contributed by atoms with Crippen molar-refractivity contribution in [1.82, 2.24) is 29.8 Å². The summed E-state index contributed by atoms with van der Waals surface area (Å²) in [4.78, 5) is 35.2. The number of sulfonamides is 2. The van der Waals surface area contributed by atoms with Crippen molar-refractivity contribution < 1.29 is 26.4 Å². The predicted octanol–water partition coefficient (Wildman–Crippen LogP) is 1.53. The molecule has 1 saturated heterocycles. The molecule has 1 fully saturated rings. The van der Waals surface area contributed by atoms with Crippen LogP contribution in [0.2, 0.25) is 5.02 Å². The number of halogens is 1. The molecule has 1 aromatic carbocycles. The number of hydrogen-bond acceptors (Lipinski definition) is 10. The molecule has 12 nitrogen and oxygen atoms in total. The summed E-state index contributed by atoms with van der Waals surface area (Å²) in [5.41, 5.74) is 2.97. The van der Waals surface area contributed by atoms with Gasteiger partial charge in [-0.15, -0.1) is 27.5 Å². The molecule has 2 aromatic heterocycles. The first-order valence-electron chi connectivity index (χ1n) is 12.3. The van der Waals surface area contributed by atoms with Gasteiger partial charge >= 0.3 is 0 Å². The average molecular weight is 647 g/mol. The van der Waals surface area contributed by atoms with E-state index in [1.807, 2.05) is 11.8 Å². The van der Waals surface area contributed by atoms with Gasteiger partial charge in [0, 0.05) is 59.7 Å². The van der Waals surface area contributed by atoms with E-state index in [4.69, 9.17) is 11.6 Å². The van der Waals surface area contributed by atoms with Crippen LogP contribution in [0.5, 0.6) is 0 Å². The standard InChI is InChI=1S/C23H27ClN6O6S4/c1-13-7-17-19(11-25-13)38-22(26-17)23(32)30-6-5-29(12-16(30)10-20(31)27-28-39(2,33)34)40(35,36)21-8-14-3-4-15(24)9-18(14)37-21/h3-4,8-9,13,16,25,28H,5-7,10-12H2,1-2H3,(H,27,31). The number of rotatable bonds is 7. The third-order valence-electron chi connectivity index (χ3n) is 6.63. The Kier molecular flexibility index (Phi) is 8.24. The number of benzene rings is 1. The van der Waals surface area contributed by atoms with Gasteiger partial charge in [-0.1, -0.05) is 17.7 Å². The van der Waals surface area contributed by atoms with Crippen LogP contribution in [0.25, 0.3) is 10.1 Å². The van der Waals surface area contributed by atoms with E-state index >= 15 is 0 Å². The summed E-state index contributed by atoms with van der Waals surface area (Å²) >= 11 is 8.44. The number of thiophene rings is 1. The van der Waals surface area contributed by atoms with Gasteiger partial charge in [0.1, 0.15) is 4.21 Å². The Bertz CT molecular complexity index is 1690. The topological polar surface area (TPSA) is 158 Å². The predicted molar refractivity (Wildman–Crippen MR) is 153 cm³/mol. The van der Waals surface area contributed by atoms with E-state index in [1.54, 1.807) is 24.3 Å². The van der Waals surface area contributed by atoms with Crippen LogP contribution in [0.4, 0.5) is 0 Å². The molecule has 40 heavy (non-hydrogen) atoms. The van der Waals surface area contributed by atoms with Gasteiger partial charge in [-0.2, -0.15) is 4.31 Å². The Hall–Kier alpha value is -2.18. The summed E-state index contributed by atoms with van der Waals surface area (Å²) in [7, 11) is -7.67. The van der Waals surface area contributed by atoms with Crippen molar-refractivity contribution in [1.29, 1.82) is 0 Å². The lowest BCUT2D eigenvalue weighted by molar-refractivity contribution is -0.122. The molecular weight excluding hydrogens is 620 g/mol. The Morgan fingerprint density at radius 1 is 1.18 bits per heavy atom. The second-order valence-corrected chi connectivity index (χ2v) is 16.3. The van der Waals surface area contributed by atoms with Crippen molar-refractivity contribution in [2.45, 2.75) is 42.6 Å². The molecule has 0 radical (unpaired) electrons. The monoisotopic (exact) mass is 646 g/mol. The summed E-state index contributed by atoms with van der Waals surface area (Å²) in [5.74, 6) is -1.10. The smallest absolute Gasteiger partial charge is 0.283 e. The van der Waals surface area contributed by atoms with Gasteiger partial charge in [0.2, 0.25) is 15.9 Å². The van der Waals surface area contributed by atoms with Crippen LogP contribution in [-0.4, -0.2) is 80.8 Å². The zero-order valence-corrected chi connectivity index (χ0v) is 25.5. The molecule has 0 saturated carbocycles. The fourth-order valence-corrected chi connectivity index (χ4v) is 9.25. The fraction of sp³-hybridized carbons (Fsp3) is 0.435. The van der Waals surface area contributed by atoms with Gasteiger partial charge in [-0.3, -0.25) is 15.0 Å². The fourth-order valence-electron chi connectivity index (χ4n) is 4.66. The van der Waals surface area contributed by atoms with Gasteiger partial charge in [-0.05, 0) is 30.5 Å². The first-order chi connectivity index (χ1) is 18.8. The summed E-state index contributed by atoms with van der Waals surface area (Å²) in [6.45, 7) is 2.54. The SMILES string of the molecule is CC1Cc2nc(C(=O)N3CCN(S(=O)(=O)c4cc5ccc(Cl)cc5s4)CC3CC(=O)NNS(C)(=O)=O)sc2CN1. The first-order valence-corrected chi connectivity index (χ1v) is 17.6. The molecule has 2 unspecified atom stereocenters. The summed E-state index contributed by atoms with van der Waals surface area (Å²) in [6, 6.07) is 6.08. The zero-order valence-electron chi connectivity index (χ0n) is 21.5. The number of aromatic nitrogens is 1. The van der Waals surface area contributed by atoms with E-state index in [1.165, 1.54) is 20.5 Å². The molecule has 3 N–H and O–H groups in total. The largest absolute Gasteiger partial charge is 0.330 e. The number of hydrazine groups is 1. The number of nitrogens with one attached hydrogen (secondary N) is 3. The van der Waals surface area contributed by atoms with Crippen LogP contribution in [-0.2, 0) is 37.8 Å². The van der Waals surface area contributed by atoms with Crippen LogP contribution in [0.15, 0.2) is 28.5 Å². The molecule has 216 valence electrons. The van der Waals surface area contributed by atoms with Gasteiger partial charge in [0.25, 0.3) is 15.9 Å². The van der Waals surface area contributed by atoms with E-state index in [0.29, 0.717) is 18.0 Å². The van der Waals surface area contributed by atoms with Gasteiger partial charge in [0.15, 0.2) is 5.01 Å². The van der Waals surface area contributed by atoms with Crippen molar-refractivity contribution in [3.05, 3.63) is 44.9 Å². The Labute approximate surface area is 244 Å². The third kappa shape index (κ3) is 6.33. The normalized spacial score (nSPS) is 20.4. The molecule has 0 aliphatic carbocycles. The number of amides is 2. The summed E-state index contributed by atoms with van der Waals surface area (Å²) < 4.78 is 52.2. The molecule has 0 bridgehead atoms. The number of nitrogens with zero attached hydrogens (tertiary/aromatic N) is 3. The summed E-state index contributed by atoms with van der Waals surface area (Å²) in [6.07, 6.45) is 1.25. The highest BCUT2D eigenvalue weighted by molar-refractivity contribution is 7.91. The Balaban J connectivity index is 1.40. The molecule has 5 rings (SSSR count). The molecule has 0 spiro atoms. The molecule has 2 aliphatic rings. The number of hydrogen-bond donors (Lipinski definition) is 3. The minimum Gasteiger partial charge on any atom is -0.330 e. The highest BCUT2D eigenvalue weighted by atomic mass is 35.5. The maximum absolute atomic E-state index is 13.6. The maximum atomic E-state index is 13.6. The lowest BCUT2D eigenvalue weighted by Crippen LogP contribution is -2.58. The molecule has 2 atom stereocenters. The van der Waals surface area contributed by atoms with E-state index in [2.05, 4.69) is 15.7 Å². The lowest BCUT2D eigenvalue weighted by Gasteiger charge is -2.40. The summed E-state index contributed by atoms with van der Waals surface area (Å²) in [5, 5.41) is 4.85. The number of piperazine rings is 1. The van der Waals surface area contributed by atoms with E-state index in [9.17, 15) is 26.4 Å². The lowest BCUT2D eigenvalue weighted by atomic mass is 10.1. The van der Waals surface area contributed by atoms with Gasteiger partial charge < -0.3 is 10.2 Å². The third-order valence-corrected chi connectivity index (χ3v) is 11.8. The van der Waals surface area contributed by atoms with Crippen molar-refractivity contribution in [3.8, 4) is 0 Å². The van der Waals surface area contributed by atoms with E-state index < -0.39 is 37.9 Å². The van der Waals surface area contributed by atoms with Crippen molar-refractivity contribution in [3.63, 3.8) is 0 Å². The van der Waals surface area contributed by atoms with Crippen molar-refractivity contribution >= 4 is 76.2 Å². The van der Waals surface area contributed by atoms with E-state index in [-0.39, 0.29) is 41.3 Å². The number of fused-ring (bicyclic) bond motifs is 2. The van der Waals surface area contributed by atoms with Gasteiger partial charge in [-0.25, -0.2) is 21.8 Å².